The summed E-state index contributed by atoms with van der Waals surface area (Å²) in [5.41, 5.74) is 0.0280. The molecule has 2 aliphatic carbocycles. The summed E-state index contributed by atoms with van der Waals surface area (Å²) in [4.78, 5) is 27.5. The van der Waals surface area contributed by atoms with Gasteiger partial charge in [0.1, 0.15) is 0 Å². The van der Waals surface area contributed by atoms with Crippen molar-refractivity contribution in [3.05, 3.63) is 0 Å². The SMILES string of the molecule is COCCNC(=O)C1CN(C(=O)CCC2CCCC2)CC12CCCC2. The number of nitrogens with one attached hydrogen (secondary N) is 1. The highest BCUT2D eigenvalue weighted by atomic mass is 16.5. The van der Waals surface area contributed by atoms with Crippen LogP contribution in [0.2, 0.25) is 0 Å². The number of rotatable bonds is 7. The first kappa shape index (κ1) is 18.7. The van der Waals surface area contributed by atoms with Gasteiger partial charge >= 0.3 is 0 Å². The van der Waals surface area contributed by atoms with E-state index < -0.39 is 0 Å². The normalized spacial score (nSPS) is 25.8. The van der Waals surface area contributed by atoms with Gasteiger partial charge in [-0.1, -0.05) is 38.5 Å². The maximum atomic E-state index is 12.7. The summed E-state index contributed by atoms with van der Waals surface area (Å²) < 4.78 is 5.03. The summed E-state index contributed by atoms with van der Waals surface area (Å²) in [7, 11) is 1.64. The molecule has 5 nitrogen and oxygen atoms in total. The highest BCUT2D eigenvalue weighted by Crippen LogP contribution is 2.49. The van der Waals surface area contributed by atoms with E-state index in [1.165, 1.54) is 38.5 Å². The third kappa shape index (κ3) is 4.36. The van der Waals surface area contributed by atoms with E-state index in [0.717, 1.165) is 31.7 Å². The van der Waals surface area contributed by atoms with Crippen molar-refractivity contribution in [3.63, 3.8) is 0 Å². The molecule has 2 amide bonds. The minimum absolute atomic E-state index is 0.0280. The largest absolute Gasteiger partial charge is 0.383 e. The molecule has 1 spiro atoms. The number of hydrogen-bond donors (Lipinski definition) is 1. The lowest BCUT2D eigenvalue weighted by atomic mass is 9.76. The quantitative estimate of drug-likeness (QED) is 0.718. The Morgan fingerprint density at radius 2 is 1.88 bits per heavy atom. The average molecular weight is 351 g/mol. The molecular formula is C20H34N2O3. The summed E-state index contributed by atoms with van der Waals surface area (Å²) in [6.45, 7) is 2.49. The van der Waals surface area contributed by atoms with Gasteiger partial charge in [0.25, 0.3) is 0 Å². The smallest absolute Gasteiger partial charge is 0.225 e. The number of methoxy groups -OCH3 is 1. The van der Waals surface area contributed by atoms with E-state index in [9.17, 15) is 9.59 Å². The van der Waals surface area contributed by atoms with Gasteiger partial charge in [0.05, 0.1) is 12.5 Å². The van der Waals surface area contributed by atoms with E-state index in [4.69, 9.17) is 4.74 Å². The zero-order valence-corrected chi connectivity index (χ0v) is 15.7. The highest BCUT2D eigenvalue weighted by molar-refractivity contribution is 5.83. The molecule has 3 aliphatic rings. The monoisotopic (exact) mass is 350 g/mol. The first-order chi connectivity index (χ1) is 12.1. The van der Waals surface area contributed by atoms with Crippen LogP contribution in [0.1, 0.15) is 64.2 Å². The third-order valence-corrected chi connectivity index (χ3v) is 6.76. The first-order valence-electron chi connectivity index (χ1n) is 10.2. The van der Waals surface area contributed by atoms with Crippen molar-refractivity contribution in [1.82, 2.24) is 10.2 Å². The lowest BCUT2D eigenvalue weighted by Gasteiger charge is -2.28. The van der Waals surface area contributed by atoms with E-state index in [2.05, 4.69) is 5.32 Å². The van der Waals surface area contributed by atoms with Crippen LogP contribution in [0, 0.1) is 17.3 Å². The Morgan fingerprint density at radius 3 is 2.56 bits per heavy atom. The Morgan fingerprint density at radius 1 is 1.16 bits per heavy atom. The Balaban J connectivity index is 1.56. The predicted octanol–water partition coefficient (Wildman–Crippen LogP) is 2.74. The second-order valence-corrected chi connectivity index (χ2v) is 8.37. The van der Waals surface area contributed by atoms with Crippen LogP contribution < -0.4 is 5.32 Å². The van der Waals surface area contributed by atoms with Crippen molar-refractivity contribution in [2.24, 2.45) is 17.3 Å². The maximum Gasteiger partial charge on any atom is 0.225 e. The summed E-state index contributed by atoms with van der Waals surface area (Å²) in [6.07, 6.45) is 11.5. The highest BCUT2D eigenvalue weighted by Gasteiger charge is 2.52. The van der Waals surface area contributed by atoms with E-state index in [1.807, 2.05) is 4.90 Å². The molecule has 1 N–H and O–H groups in total. The first-order valence-corrected chi connectivity index (χ1v) is 10.2. The van der Waals surface area contributed by atoms with Crippen LogP contribution >= 0.6 is 0 Å². The average Bonchev–Trinajstić information content (AvgIpc) is 3.35. The van der Waals surface area contributed by atoms with Gasteiger partial charge in [-0.15, -0.1) is 0 Å². The molecule has 2 saturated carbocycles. The fraction of sp³-hybridized carbons (Fsp3) is 0.900. The van der Waals surface area contributed by atoms with Gasteiger partial charge < -0.3 is 15.0 Å². The number of carbonyl (C=O) groups excluding carboxylic acids is 2. The molecule has 1 aliphatic heterocycles. The molecule has 0 radical (unpaired) electrons. The molecule has 0 aromatic rings. The van der Waals surface area contributed by atoms with Crippen LogP contribution in [0.3, 0.4) is 0 Å². The minimum atomic E-state index is -0.0395. The number of carbonyl (C=O) groups is 2. The van der Waals surface area contributed by atoms with Crippen LogP contribution in [0.15, 0.2) is 0 Å². The van der Waals surface area contributed by atoms with E-state index in [1.54, 1.807) is 7.11 Å². The van der Waals surface area contributed by atoms with Crippen LogP contribution in [-0.2, 0) is 14.3 Å². The Labute approximate surface area is 151 Å². The Bertz CT molecular complexity index is 468. The summed E-state index contributed by atoms with van der Waals surface area (Å²) in [6, 6.07) is 0. The van der Waals surface area contributed by atoms with E-state index in [-0.39, 0.29) is 23.1 Å². The second-order valence-electron chi connectivity index (χ2n) is 8.37. The third-order valence-electron chi connectivity index (χ3n) is 6.76. The Hall–Kier alpha value is -1.10. The van der Waals surface area contributed by atoms with Gasteiger partial charge in [-0.05, 0) is 25.2 Å². The number of nitrogens with zero attached hydrogens (tertiary/aromatic N) is 1. The van der Waals surface area contributed by atoms with E-state index in [0.29, 0.717) is 26.1 Å². The lowest BCUT2D eigenvalue weighted by Crippen LogP contribution is -2.41. The molecular weight excluding hydrogens is 316 g/mol. The van der Waals surface area contributed by atoms with Crippen molar-refractivity contribution < 1.29 is 14.3 Å². The van der Waals surface area contributed by atoms with Crippen LogP contribution in [-0.4, -0.2) is 50.1 Å². The van der Waals surface area contributed by atoms with Gasteiger partial charge in [-0.3, -0.25) is 9.59 Å². The molecule has 1 heterocycles. The minimum Gasteiger partial charge on any atom is -0.383 e. The number of likely N-dealkylation sites (tertiary alicyclic amines) is 1. The van der Waals surface area contributed by atoms with Crippen LogP contribution in [0.25, 0.3) is 0 Å². The molecule has 142 valence electrons. The van der Waals surface area contributed by atoms with E-state index >= 15 is 0 Å². The fourth-order valence-corrected chi connectivity index (χ4v) is 5.29. The molecule has 1 saturated heterocycles. The fourth-order valence-electron chi connectivity index (χ4n) is 5.29. The molecule has 0 bridgehead atoms. The summed E-state index contributed by atoms with van der Waals surface area (Å²) in [5, 5.41) is 3.01. The molecule has 3 rings (SSSR count). The van der Waals surface area contributed by atoms with Gasteiger partial charge in [-0.2, -0.15) is 0 Å². The predicted molar refractivity (Wildman–Crippen MR) is 97.0 cm³/mol. The molecule has 0 aromatic heterocycles. The molecule has 0 aromatic carbocycles. The molecule has 3 fully saturated rings. The molecule has 1 atom stereocenters. The second kappa shape index (κ2) is 8.52. The molecule has 25 heavy (non-hydrogen) atoms. The summed E-state index contributed by atoms with van der Waals surface area (Å²) in [5.74, 6) is 1.10. The van der Waals surface area contributed by atoms with Gasteiger partial charge in [0.15, 0.2) is 0 Å². The van der Waals surface area contributed by atoms with Crippen molar-refractivity contribution >= 4 is 11.8 Å². The number of hydrogen-bond acceptors (Lipinski definition) is 3. The van der Waals surface area contributed by atoms with Gasteiger partial charge in [0, 0.05) is 38.6 Å². The number of ether oxygens (including phenoxy) is 1. The number of amides is 2. The van der Waals surface area contributed by atoms with Crippen LogP contribution in [0.5, 0.6) is 0 Å². The van der Waals surface area contributed by atoms with Crippen LogP contribution in [0.4, 0.5) is 0 Å². The van der Waals surface area contributed by atoms with Crippen molar-refractivity contribution in [3.8, 4) is 0 Å². The van der Waals surface area contributed by atoms with Crippen molar-refractivity contribution in [1.29, 1.82) is 0 Å². The maximum absolute atomic E-state index is 12.7. The van der Waals surface area contributed by atoms with Gasteiger partial charge in [-0.25, -0.2) is 0 Å². The summed E-state index contributed by atoms with van der Waals surface area (Å²) >= 11 is 0. The van der Waals surface area contributed by atoms with Gasteiger partial charge in [0.2, 0.25) is 11.8 Å². The zero-order chi connectivity index (χ0) is 17.7. The standard InChI is InChI=1S/C20H34N2O3/c1-25-13-12-21-19(24)17-14-22(15-20(17)10-4-5-11-20)18(23)9-8-16-6-2-3-7-16/h16-17H,2-15H2,1H3,(H,21,24). The Kier molecular flexibility index (Phi) is 6.37. The lowest BCUT2D eigenvalue weighted by molar-refractivity contribution is -0.131. The topological polar surface area (TPSA) is 58.6 Å². The molecule has 5 heteroatoms. The van der Waals surface area contributed by atoms with Crippen molar-refractivity contribution in [2.45, 2.75) is 64.2 Å². The zero-order valence-electron chi connectivity index (χ0n) is 15.7. The molecule has 1 unspecified atom stereocenters. The van der Waals surface area contributed by atoms with Crippen molar-refractivity contribution in [2.75, 3.05) is 33.4 Å².